The fraction of sp³-hybridized carbons (Fsp3) is 0.632. The Balaban J connectivity index is 3.25. The van der Waals surface area contributed by atoms with E-state index in [4.69, 9.17) is 18.1 Å². The Morgan fingerprint density at radius 1 is 1.00 bits per heavy atom. The average Bonchev–Trinajstić information content (AvgIpc) is 2.68. The Hall–Kier alpha value is -0.460. The van der Waals surface area contributed by atoms with E-state index in [9.17, 15) is 13.9 Å². The second-order valence-corrected chi connectivity index (χ2v) is 12.6. The molecule has 0 amide bonds. The van der Waals surface area contributed by atoms with Gasteiger partial charge in [0.1, 0.15) is 0 Å². The summed E-state index contributed by atoms with van der Waals surface area (Å²) in [6, 6.07) is 9.91. The van der Waals surface area contributed by atoms with Crippen LogP contribution < -0.4 is 0 Å². The highest BCUT2D eigenvalue weighted by Crippen LogP contribution is 2.72. The SMILES string of the molecule is CCOP(=O)(OCC)C(C(CCCc1ccccc1)SC(C)=O)P(=O)(OC)OC. The van der Waals surface area contributed by atoms with Gasteiger partial charge in [-0.3, -0.25) is 13.9 Å². The van der Waals surface area contributed by atoms with Gasteiger partial charge in [-0.15, -0.1) is 0 Å². The third-order valence-electron chi connectivity index (χ3n) is 4.22. The molecule has 0 aliphatic heterocycles. The van der Waals surface area contributed by atoms with E-state index < -0.39 is 25.8 Å². The summed E-state index contributed by atoms with van der Waals surface area (Å²) in [6.07, 6.45) is 1.92. The summed E-state index contributed by atoms with van der Waals surface area (Å²) in [4.78, 5) is 12.0. The number of hydrogen-bond donors (Lipinski definition) is 0. The Bertz CT molecular complexity index is 696. The third-order valence-corrected chi connectivity index (χ3v) is 11.7. The average molecular weight is 466 g/mol. The highest BCUT2D eigenvalue weighted by molar-refractivity contribution is 8.14. The van der Waals surface area contributed by atoms with Crippen molar-refractivity contribution in [2.45, 2.75) is 50.7 Å². The zero-order valence-electron chi connectivity index (χ0n) is 17.7. The highest BCUT2D eigenvalue weighted by Gasteiger charge is 2.54. The van der Waals surface area contributed by atoms with Gasteiger partial charge in [0, 0.05) is 26.4 Å². The molecule has 0 N–H and O–H groups in total. The van der Waals surface area contributed by atoms with E-state index in [1.807, 2.05) is 30.3 Å². The van der Waals surface area contributed by atoms with Crippen LogP contribution in [0.1, 0.15) is 39.2 Å². The second kappa shape index (κ2) is 13.1. The maximum Gasteiger partial charge on any atom is 0.346 e. The fourth-order valence-electron chi connectivity index (χ4n) is 3.05. The first-order chi connectivity index (χ1) is 13.8. The molecule has 166 valence electrons. The molecule has 0 spiro atoms. The Kier molecular flexibility index (Phi) is 12.0. The maximum atomic E-state index is 13.6. The number of rotatable bonds is 14. The second-order valence-electron chi connectivity index (χ2n) is 6.22. The van der Waals surface area contributed by atoms with Crippen LogP contribution in [0.15, 0.2) is 30.3 Å². The molecule has 2 atom stereocenters. The summed E-state index contributed by atoms with van der Waals surface area (Å²) in [7, 11) is -5.31. The molecule has 0 aromatic heterocycles. The van der Waals surface area contributed by atoms with Crippen molar-refractivity contribution in [2.75, 3.05) is 27.4 Å². The number of thioether (sulfide) groups is 1. The number of carbonyl (C=O) groups excluding carboxylic acids is 1. The monoisotopic (exact) mass is 466 g/mol. The van der Waals surface area contributed by atoms with Gasteiger partial charge in [-0.25, -0.2) is 0 Å². The Morgan fingerprint density at radius 2 is 1.55 bits per heavy atom. The highest BCUT2D eigenvalue weighted by atomic mass is 32.2. The molecular weight excluding hydrogens is 434 g/mol. The Labute approximate surface area is 178 Å². The van der Waals surface area contributed by atoms with Crippen molar-refractivity contribution in [3.63, 3.8) is 0 Å². The quantitative estimate of drug-likeness (QED) is 0.321. The minimum Gasteiger partial charge on any atom is -0.311 e. The lowest BCUT2D eigenvalue weighted by Gasteiger charge is -2.34. The molecule has 2 unspecified atom stereocenters. The van der Waals surface area contributed by atoms with Crippen LogP contribution in [0.4, 0.5) is 0 Å². The summed E-state index contributed by atoms with van der Waals surface area (Å²) in [6.45, 7) is 4.97. The van der Waals surface area contributed by atoms with E-state index in [0.29, 0.717) is 12.8 Å². The van der Waals surface area contributed by atoms with Crippen LogP contribution in [-0.2, 0) is 38.4 Å². The lowest BCUT2D eigenvalue weighted by atomic mass is 10.1. The van der Waals surface area contributed by atoms with Crippen LogP contribution >= 0.6 is 27.0 Å². The zero-order chi connectivity index (χ0) is 21.9. The van der Waals surface area contributed by atoms with Crippen LogP contribution in [0.25, 0.3) is 0 Å². The Morgan fingerprint density at radius 3 is 2.00 bits per heavy atom. The lowest BCUT2D eigenvalue weighted by Crippen LogP contribution is -2.28. The molecule has 0 saturated heterocycles. The van der Waals surface area contributed by atoms with E-state index >= 15 is 0 Å². The van der Waals surface area contributed by atoms with Crippen molar-refractivity contribution in [2.24, 2.45) is 0 Å². The van der Waals surface area contributed by atoms with E-state index in [0.717, 1.165) is 23.7 Å². The maximum absolute atomic E-state index is 13.6. The van der Waals surface area contributed by atoms with E-state index in [2.05, 4.69) is 0 Å². The van der Waals surface area contributed by atoms with E-state index in [-0.39, 0.29) is 18.3 Å². The molecule has 0 bridgehead atoms. The van der Waals surface area contributed by atoms with Crippen LogP contribution in [0, 0.1) is 0 Å². The normalized spacial score (nSPS) is 14.5. The molecule has 10 heteroatoms. The number of hydrogen-bond acceptors (Lipinski definition) is 8. The molecule has 1 aromatic carbocycles. The van der Waals surface area contributed by atoms with Gasteiger partial charge < -0.3 is 18.1 Å². The molecule has 0 aliphatic carbocycles. The minimum absolute atomic E-state index is 0.0999. The van der Waals surface area contributed by atoms with E-state index in [1.165, 1.54) is 21.1 Å². The van der Waals surface area contributed by atoms with Crippen LogP contribution in [0.3, 0.4) is 0 Å². The molecule has 7 nitrogen and oxygen atoms in total. The summed E-state index contributed by atoms with van der Waals surface area (Å²) in [5.74, 6) is 0. The van der Waals surface area contributed by atoms with Gasteiger partial charge in [0.25, 0.3) is 0 Å². The van der Waals surface area contributed by atoms with Crippen LogP contribution in [0.5, 0.6) is 0 Å². The van der Waals surface area contributed by atoms with Crippen molar-refractivity contribution in [1.82, 2.24) is 0 Å². The molecule has 0 radical (unpaired) electrons. The van der Waals surface area contributed by atoms with E-state index in [1.54, 1.807) is 13.8 Å². The smallest absolute Gasteiger partial charge is 0.311 e. The topological polar surface area (TPSA) is 88.1 Å². The predicted octanol–water partition coefficient (Wildman–Crippen LogP) is 5.74. The van der Waals surface area contributed by atoms with Crippen molar-refractivity contribution in [3.8, 4) is 0 Å². The fourth-order valence-corrected chi connectivity index (χ4v) is 10.3. The third kappa shape index (κ3) is 7.95. The number of benzene rings is 1. The summed E-state index contributed by atoms with van der Waals surface area (Å²) >= 11 is 0.976. The van der Waals surface area contributed by atoms with Crippen molar-refractivity contribution in [3.05, 3.63) is 35.9 Å². The van der Waals surface area contributed by atoms with Gasteiger partial charge in [0.05, 0.1) is 13.2 Å². The van der Waals surface area contributed by atoms with Gasteiger partial charge in [0.2, 0.25) is 0 Å². The summed E-state index contributed by atoms with van der Waals surface area (Å²) < 4.78 is 48.4. The largest absolute Gasteiger partial charge is 0.346 e. The summed E-state index contributed by atoms with van der Waals surface area (Å²) in [5, 5.41) is -2.02. The molecule has 0 heterocycles. The van der Waals surface area contributed by atoms with Crippen LogP contribution in [-0.4, -0.2) is 43.2 Å². The predicted molar refractivity (Wildman–Crippen MR) is 118 cm³/mol. The number of carbonyl (C=O) groups is 1. The molecule has 0 aliphatic rings. The van der Waals surface area contributed by atoms with Gasteiger partial charge in [-0.1, -0.05) is 42.1 Å². The summed E-state index contributed by atoms with van der Waals surface area (Å²) in [5.41, 5.74) is 1.15. The van der Waals surface area contributed by atoms with Gasteiger partial charge in [-0.2, -0.15) is 0 Å². The van der Waals surface area contributed by atoms with Crippen molar-refractivity contribution >= 4 is 32.1 Å². The number of aryl methyl sites for hydroxylation is 1. The van der Waals surface area contributed by atoms with Crippen LogP contribution in [0.2, 0.25) is 0 Å². The lowest BCUT2D eigenvalue weighted by molar-refractivity contribution is -0.109. The van der Waals surface area contributed by atoms with Crippen molar-refractivity contribution < 1.29 is 32.0 Å². The molecule has 1 aromatic rings. The van der Waals surface area contributed by atoms with Gasteiger partial charge >= 0.3 is 15.2 Å². The first kappa shape index (κ1) is 26.6. The molecule has 29 heavy (non-hydrogen) atoms. The van der Waals surface area contributed by atoms with Crippen molar-refractivity contribution in [1.29, 1.82) is 0 Å². The molecule has 1 rings (SSSR count). The minimum atomic E-state index is -3.89. The standard InChI is InChI=1S/C19H32O7P2S/c1-6-25-28(22,26-7-2)19(27(21,23-4)24-5)18(29-16(3)20)15-11-14-17-12-9-8-10-13-17/h8-10,12-13,18-19H,6-7,11,14-15H2,1-5H3. The molecule has 0 saturated carbocycles. The molecular formula is C19H32O7P2S. The first-order valence-electron chi connectivity index (χ1n) is 9.57. The van der Waals surface area contributed by atoms with Gasteiger partial charge in [-0.05, 0) is 38.7 Å². The van der Waals surface area contributed by atoms with Gasteiger partial charge in [0.15, 0.2) is 10.5 Å². The first-order valence-corrected chi connectivity index (χ1v) is 13.7. The zero-order valence-corrected chi connectivity index (χ0v) is 20.3. The molecule has 0 fully saturated rings.